The Morgan fingerprint density at radius 3 is 2.79 bits per heavy atom. The first-order chi connectivity index (χ1) is 14.0. The highest BCUT2D eigenvalue weighted by atomic mass is 32.1. The lowest BCUT2D eigenvalue weighted by molar-refractivity contribution is 0.0601. The normalized spacial score (nSPS) is 15.2. The van der Waals surface area contributed by atoms with E-state index in [9.17, 15) is 9.18 Å². The number of nitrogens with two attached hydrogens (primary N) is 1. The summed E-state index contributed by atoms with van der Waals surface area (Å²) in [6, 6.07) is 4.18. The lowest BCUT2D eigenvalue weighted by Crippen LogP contribution is -2.26. The Kier molecular flexibility index (Phi) is 5.56. The molecule has 1 saturated heterocycles. The molecule has 1 fully saturated rings. The Hall–Kier alpha value is -2.82. The summed E-state index contributed by atoms with van der Waals surface area (Å²) in [6.07, 6.45) is 1.03. The summed E-state index contributed by atoms with van der Waals surface area (Å²) in [5.74, 6) is -0.174. The largest absolute Gasteiger partial charge is 0.483 e. The van der Waals surface area contributed by atoms with E-state index in [0.717, 1.165) is 0 Å². The van der Waals surface area contributed by atoms with Gasteiger partial charge in [-0.1, -0.05) is 0 Å². The number of aryl methyl sites for hydroxylation is 1. The zero-order valence-electron chi connectivity index (χ0n) is 15.6. The fourth-order valence-corrected chi connectivity index (χ4v) is 4.07. The number of carbonyl (C=O) groups excluding carboxylic acids is 1. The average Bonchev–Trinajstić information content (AvgIpc) is 2.86. The lowest BCUT2D eigenvalue weighted by Gasteiger charge is -2.19. The van der Waals surface area contributed by atoms with E-state index in [4.69, 9.17) is 19.9 Å². The molecule has 0 unspecified atom stereocenters. The van der Waals surface area contributed by atoms with Crippen LogP contribution in [0.3, 0.4) is 0 Å². The molecule has 10 heteroatoms. The maximum absolute atomic E-state index is 13.9. The van der Waals surface area contributed by atoms with Crippen LogP contribution >= 0.6 is 11.3 Å². The third-order valence-corrected chi connectivity index (χ3v) is 5.63. The number of rotatable bonds is 5. The number of fused-ring (bicyclic) bond motifs is 1. The zero-order valence-corrected chi connectivity index (χ0v) is 16.4. The highest BCUT2D eigenvalue weighted by Gasteiger charge is 2.20. The number of aromatic nitrogens is 2. The highest BCUT2D eigenvalue weighted by molar-refractivity contribution is 7.20. The van der Waals surface area contributed by atoms with Crippen LogP contribution in [0.25, 0.3) is 10.2 Å². The van der Waals surface area contributed by atoms with E-state index < -0.39 is 11.7 Å². The highest BCUT2D eigenvalue weighted by Crippen LogP contribution is 2.36. The van der Waals surface area contributed by atoms with Crippen molar-refractivity contribution in [1.29, 1.82) is 0 Å². The van der Waals surface area contributed by atoms with Crippen LogP contribution in [0, 0.1) is 12.7 Å². The summed E-state index contributed by atoms with van der Waals surface area (Å²) < 4.78 is 30.7. The minimum Gasteiger partial charge on any atom is -0.483 e. The Morgan fingerprint density at radius 2 is 2.07 bits per heavy atom. The molecule has 0 aliphatic carbocycles. The molecule has 0 atom stereocenters. The first-order valence-corrected chi connectivity index (χ1v) is 9.77. The van der Waals surface area contributed by atoms with Gasteiger partial charge in [0, 0.05) is 6.07 Å². The van der Waals surface area contributed by atoms with Crippen LogP contribution in [0.1, 0.15) is 15.2 Å². The van der Waals surface area contributed by atoms with Crippen LogP contribution in [0.5, 0.6) is 5.75 Å². The van der Waals surface area contributed by atoms with Gasteiger partial charge >= 0.3 is 0 Å². The number of thiophene rings is 1. The summed E-state index contributed by atoms with van der Waals surface area (Å²) in [6.45, 7) is 3.47. The van der Waals surface area contributed by atoms with Crippen molar-refractivity contribution in [3.63, 3.8) is 0 Å². The van der Waals surface area contributed by atoms with Crippen LogP contribution in [-0.4, -0.2) is 48.4 Å². The van der Waals surface area contributed by atoms with E-state index in [-0.39, 0.29) is 6.10 Å². The molecule has 0 saturated carbocycles. The number of halogens is 1. The van der Waals surface area contributed by atoms with Gasteiger partial charge < -0.3 is 25.3 Å². The van der Waals surface area contributed by atoms with Crippen molar-refractivity contribution in [1.82, 2.24) is 9.97 Å². The smallest absolute Gasteiger partial charge is 0.259 e. The van der Waals surface area contributed by atoms with Crippen molar-refractivity contribution >= 4 is 39.0 Å². The van der Waals surface area contributed by atoms with E-state index >= 15 is 0 Å². The van der Waals surface area contributed by atoms with Crippen molar-refractivity contribution in [2.75, 3.05) is 31.7 Å². The number of nitrogens with one attached hydrogen (secondary N) is 1. The zero-order chi connectivity index (χ0) is 20.4. The number of ether oxygens (including phenoxy) is 3. The van der Waals surface area contributed by atoms with Gasteiger partial charge in [0.25, 0.3) is 5.91 Å². The fraction of sp³-hybridized carbons (Fsp3) is 0.316. The number of benzene rings is 1. The number of hydrogen-bond acceptors (Lipinski definition) is 8. The van der Waals surface area contributed by atoms with Crippen molar-refractivity contribution in [3.8, 4) is 5.75 Å². The molecule has 152 valence electrons. The number of amides is 1. The summed E-state index contributed by atoms with van der Waals surface area (Å²) in [5.41, 5.74) is 6.66. The molecule has 3 heterocycles. The average molecular weight is 418 g/mol. The maximum Gasteiger partial charge on any atom is 0.259 e. The van der Waals surface area contributed by atoms with Crippen LogP contribution < -0.4 is 15.8 Å². The van der Waals surface area contributed by atoms with Crippen LogP contribution in [0.15, 0.2) is 24.5 Å². The Balaban J connectivity index is 1.68. The number of hydrogen-bond donors (Lipinski definition) is 2. The molecule has 0 spiro atoms. The van der Waals surface area contributed by atoms with Crippen molar-refractivity contribution < 1.29 is 23.4 Å². The van der Waals surface area contributed by atoms with Crippen LogP contribution in [0.4, 0.5) is 15.9 Å². The molecule has 3 N–H and O–H groups in total. The van der Waals surface area contributed by atoms with Gasteiger partial charge in [-0.05, 0) is 24.6 Å². The van der Waals surface area contributed by atoms with Gasteiger partial charge in [0.05, 0.1) is 42.4 Å². The summed E-state index contributed by atoms with van der Waals surface area (Å²) in [4.78, 5) is 21.3. The number of primary amides is 1. The SMILES string of the molecule is Cc1c(C(N)=O)sc2ncnc(Nc3ccc(F)cc3OC3COCCOC3)c12. The number of carbonyl (C=O) groups is 1. The standard InChI is InChI=1S/C19H19FN4O4S/c1-10-15-18(22-9-23-19(15)29-16(10)17(21)25)24-13-3-2-11(20)6-14(13)28-12-7-26-4-5-27-8-12/h2-3,6,9,12H,4-5,7-8H2,1H3,(H2,21,25)(H,22,23,24). The first kappa shape index (κ1) is 19.5. The van der Waals surface area contributed by atoms with E-state index in [1.165, 1.54) is 29.8 Å². The van der Waals surface area contributed by atoms with Gasteiger partial charge in [-0.2, -0.15) is 0 Å². The molecule has 8 nitrogen and oxygen atoms in total. The molecule has 4 rings (SSSR count). The third kappa shape index (κ3) is 4.14. The minimum absolute atomic E-state index is 0.305. The summed E-state index contributed by atoms with van der Waals surface area (Å²) >= 11 is 1.20. The molecule has 1 aromatic carbocycles. The number of nitrogens with zero attached hydrogens (tertiary/aromatic N) is 2. The molecule has 2 aromatic heterocycles. The topological polar surface area (TPSA) is 109 Å². The predicted octanol–water partition coefficient (Wildman–Crippen LogP) is 2.78. The third-order valence-electron chi connectivity index (χ3n) is 4.42. The fourth-order valence-electron chi connectivity index (χ4n) is 3.07. The minimum atomic E-state index is -0.518. The van der Waals surface area contributed by atoms with Crippen LogP contribution in [-0.2, 0) is 9.47 Å². The van der Waals surface area contributed by atoms with Gasteiger partial charge in [-0.3, -0.25) is 4.79 Å². The molecular weight excluding hydrogens is 399 g/mol. The molecular formula is C19H19FN4O4S. The molecule has 1 aliphatic heterocycles. The van der Waals surface area contributed by atoms with Crippen molar-refractivity contribution in [2.45, 2.75) is 13.0 Å². The van der Waals surface area contributed by atoms with E-state index in [1.807, 2.05) is 0 Å². The second kappa shape index (κ2) is 8.27. The van der Waals surface area contributed by atoms with E-state index in [0.29, 0.717) is 64.3 Å². The summed E-state index contributed by atoms with van der Waals surface area (Å²) in [7, 11) is 0. The predicted molar refractivity (Wildman–Crippen MR) is 106 cm³/mol. The van der Waals surface area contributed by atoms with Crippen LogP contribution in [0.2, 0.25) is 0 Å². The summed E-state index contributed by atoms with van der Waals surface area (Å²) in [5, 5.41) is 3.85. The quantitative estimate of drug-likeness (QED) is 0.656. The molecule has 0 bridgehead atoms. The van der Waals surface area contributed by atoms with Crippen molar-refractivity contribution in [3.05, 3.63) is 40.8 Å². The molecule has 1 amide bonds. The number of anilines is 2. The molecule has 3 aromatic rings. The molecule has 1 aliphatic rings. The lowest BCUT2D eigenvalue weighted by atomic mass is 10.2. The van der Waals surface area contributed by atoms with E-state index in [2.05, 4.69) is 15.3 Å². The maximum atomic E-state index is 13.9. The second-order valence-electron chi connectivity index (χ2n) is 6.48. The molecule has 0 radical (unpaired) electrons. The van der Waals surface area contributed by atoms with Gasteiger partial charge in [0.1, 0.15) is 34.6 Å². The van der Waals surface area contributed by atoms with Gasteiger partial charge in [-0.15, -0.1) is 11.3 Å². The van der Waals surface area contributed by atoms with E-state index in [1.54, 1.807) is 13.0 Å². The van der Waals surface area contributed by atoms with Gasteiger partial charge in [0.15, 0.2) is 0 Å². The first-order valence-electron chi connectivity index (χ1n) is 8.95. The van der Waals surface area contributed by atoms with Crippen molar-refractivity contribution in [2.24, 2.45) is 5.73 Å². The monoisotopic (exact) mass is 418 g/mol. The second-order valence-corrected chi connectivity index (χ2v) is 7.48. The Bertz CT molecular complexity index is 1050. The van der Waals surface area contributed by atoms with Gasteiger partial charge in [0.2, 0.25) is 0 Å². The van der Waals surface area contributed by atoms with Gasteiger partial charge in [-0.25, -0.2) is 14.4 Å². The molecule has 29 heavy (non-hydrogen) atoms. The Morgan fingerprint density at radius 1 is 1.31 bits per heavy atom. The Labute approximate surface area is 169 Å².